The maximum absolute atomic E-state index is 11.5. The smallest absolute Gasteiger partial charge is 0.277 e. The average Bonchev–Trinajstić information content (AvgIpc) is 2.18. The van der Waals surface area contributed by atoms with Gasteiger partial charge in [0.2, 0.25) is 5.95 Å². The quantitative estimate of drug-likeness (QED) is 0.556. The van der Waals surface area contributed by atoms with E-state index in [0.717, 1.165) is 0 Å². The molecule has 0 aliphatic heterocycles. The van der Waals surface area contributed by atoms with Crippen LogP contribution in [0.5, 0.6) is 0 Å². The van der Waals surface area contributed by atoms with Gasteiger partial charge in [0.25, 0.3) is 5.56 Å². The molecule has 0 aliphatic carbocycles. The Balaban J connectivity index is 3.33. The molecule has 96 valence electrons. The second-order valence-electron chi connectivity index (χ2n) is 4.71. The molecule has 1 rings (SSSR count). The van der Waals surface area contributed by atoms with Crippen LogP contribution in [0.25, 0.3) is 0 Å². The van der Waals surface area contributed by atoms with Crippen LogP contribution in [0.3, 0.4) is 0 Å². The van der Waals surface area contributed by atoms with Crippen LogP contribution in [0.2, 0.25) is 0 Å². The standard InChI is InChI=1S/C10H20N6O/c1-5-13-16(10(2,3)4)7-6(11)8(17)15-9(12)14-7/h13H,5,11H2,1-4H3,(H3,12,14,15,17). The Morgan fingerprint density at radius 3 is 2.47 bits per heavy atom. The minimum atomic E-state index is -0.431. The molecule has 0 fully saturated rings. The molecule has 1 heterocycles. The first-order valence-corrected chi connectivity index (χ1v) is 5.46. The molecule has 0 spiro atoms. The van der Waals surface area contributed by atoms with E-state index in [1.165, 1.54) is 0 Å². The molecule has 1 aromatic heterocycles. The molecular weight excluding hydrogens is 220 g/mol. The van der Waals surface area contributed by atoms with Crippen LogP contribution in [0.4, 0.5) is 17.5 Å². The summed E-state index contributed by atoms with van der Waals surface area (Å²) in [7, 11) is 0. The van der Waals surface area contributed by atoms with E-state index < -0.39 is 5.56 Å². The number of nitrogens with one attached hydrogen (secondary N) is 2. The first kappa shape index (κ1) is 13.3. The van der Waals surface area contributed by atoms with E-state index in [9.17, 15) is 4.79 Å². The Morgan fingerprint density at radius 1 is 1.41 bits per heavy atom. The van der Waals surface area contributed by atoms with Gasteiger partial charge >= 0.3 is 0 Å². The highest BCUT2D eigenvalue weighted by atomic mass is 16.1. The summed E-state index contributed by atoms with van der Waals surface area (Å²) < 4.78 is 0. The molecule has 0 amide bonds. The zero-order chi connectivity index (χ0) is 13.2. The predicted octanol–water partition coefficient (Wildman–Crippen LogP) is 0.0637. The van der Waals surface area contributed by atoms with Gasteiger partial charge < -0.3 is 11.5 Å². The molecule has 0 saturated heterocycles. The maximum Gasteiger partial charge on any atom is 0.277 e. The number of aromatic nitrogens is 2. The van der Waals surface area contributed by atoms with E-state index in [-0.39, 0.29) is 17.2 Å². The largest absolute Gasteiger partial charge is 0.391 e. The number of nitrogen functional groups attached to an aromatic ring is 2. The number of rotatable bonds is 3. The number of hydrazine groups is 1. The van der Waals surface area contributed by atoms with Crippen LogP contribution < -0.4 is 27.5 Å². The highest BCUT2D eigenvalue weighted by molar-refractivity contribution is 5.63. The van der Waals surface area contributed by atoms with Gasteiger partial charge in [0.15, 0.2) is 5.82 Å². The summed E-state index contributed by atoms with van der Waals surface area (Å²) in [5.41, 5.74) is 13.7. The second-order valence-corrected chi connectivity index (χ2v) is 4.71. The molecule has 0 aliphatic rings. The number of anilines is 3. The average molecular weight is 240 g/mol. The minimum absolute atomic E-state index is 0.0475. The highest BCUT2D eigenvalue weighted by Gasteiger charge is 2.25. The van der Waals surface area contributed by atoms with Gasteiger partial charge in [-0.25, -0.2) is 5.43 Å². The molecule has 0 radical (unpaired) electrons. The molecule has 6 N–H and O–H groups in total. The third-order valence-corrected chi connectivity index (χ3v) is 2.15. The van der Waals surface area contributed by atoms with Crippen LogP contribution in [-0.4, -0.2) is 22.1 Å². The summed E-state index contributed by atoms with van der Waals surface area (Å²) in [6.45, 7) is 8.58. The highest BCUT2D eigenvalue weighted by Crippen LogP contribution is 2.23. The van der Waals surface area contributed by atoms with E-state index >= 15 is 0 Å². The Morgan fingerprint density at radius 2 is 2.00 bits per heavy atom. The summed E-state index contributed by atoms with van der Waals surface area (Å²) in [5, 5.41) is 1.74. The summed E-state index contributed by atoms with van der Waals surface area (Å²) >= 11 is 0. The molecule has 0 atom stereocenters. The molecular formula is C10H20N6O. The molecule has 7 heteroatoms. The van der Waals surface area contributed by atoms with Crippen molar-refractivity contribution in [2.45, 2.75) is 33.2 Å². The van der Waals surface area contributed by atoms with Crippen molar-refractivity contribution in [1.82, 2.24) is 15.4 Å². The predicted molar refractivity (Wildman–Crippen MR) is 69.6 cm³/mol. The Hall–Kier alpha value is -1.76. The van der Waals surface area contributed by atoms with Gasteiger partial charge in [0.05, 0.1) is 0 Å². The van der Waals surface area contributed by atoms with Gasteiger partial charge in [-0.05, 0) is 20.8 Å². The van der Waals surface area contributed by atoms with Gasteiger partial charge in [-0.2, -0.15) is 4.98 Å². The first-order valence-electron chi connectivity index (χ1n) is 5.46. The zero-order valence-corrected chi connectivity index (χ0v) is 10.7. The van der Waals surface area contributed by atoms with Gasteiger partial charge in [0.1, 0.15) is 5.69 Å². The molecule has 0 aromatic carbocycles. The number of nitrogens with zero attached hydrogens (tertiary/aromatic N) is 2. The van der Waals surface area contributed by atoms with Gasteiger partial charge in [0, 0.05) is 12.1 Å². The van der Waals surface area contributed by atoms with Crippen LogP contribution in [0.1, 0.15) is 27.7 Å². The van der Waals surface area contributed by atoms with Crippen LogP contribution in [0.15, 0.2) is 4.79 Å². The lowest BCUT2D eigenvalue weighted by atomic mass is 10.1. The Bertz CT molecular complexity index is 447. The topological polar surface area (TPSA) is 113 Å². The Kier molecular flexibility index (Phi) is 3.62. The maximum atomic E-state index is 11.5. The molecule has 0 saturated carbocycles. The zero-order valence-electron chi connectivity index (χ0n) is 10.7. The monoisotopic (exact) mass is 240 g/mol. The van der Waals surface area contributed by atoms with E-state index in [1.54, 1.807) is 5.01 Å². The number of aromatic amines is 1. The number of hydrogen-bond donors (Lipinski definition) is 4. The van der Waals surface area contributed by atoms with E-state index in [2.05, 4.69) is 15.4 Å². The number of hydrogen-bond acceptors (Lipinski definition) is 6. The molecule has 17 heavy (non-hydrogen) atoms. The number of nitrogens with two attached hydrogens (primary N) is 2. The van der Waals surface area contributed by atoms with Crippen molar-refractivity contribution in [3.8, 4) is 0 Å². The van der Waals surface area contributed by atoms with Gasteiger partial charge in [-0.1, -0.05) is 6.92 Å². The SMILES string of the molecule is CCNN(c1nc(N)[nH]c(=O)c1N)C(C)(C)C. The summed E-state index contributed by atoms with van der Waals surface area (Å²) in [6.07, 6.45) is 0. The fraction of sp³-hybridized carbons (Fsp3) is 0.600. The van der Waals surface area contributed by atoms with Crippen molar-refractivity contribution in [1.29, 1.82) is 0 Å². The van der Waals surface area contributed by atoms with E-state index in [1.807, 2.05) is 27.7 Å². The van der Waals surface area contributed by atoms with Crippen molar-refractivity contribution >= 4 is 17.5 Å². The van der Waals surface area contributed by atoms with Crippen LogP contribution in [-0.2, 0) is 0 Å². The van der Waals surface area contributed by atoms with Crippen molar-refractivity contribution < 1.29 is 0 Å². The fourth-order valence-electron chi connectivity index (χ4n) is 1.45. The second kappa shape index (κ2) is 4.62. The van der Waals surface area contributed by atoms with Crippen LogP contribution >= 0.6 is 0 Å². The lowest BCUT2D eigenvalue weighted by molar-refractivity contribution is 0.442. The van der Waals surface area contributed by atoms with Crippen molar-refractivity contribution in [3.63, 3.8) is 0 Å². The Labute approximate surface area is 100 Å². The molecule has 1 aromatic rings. The molecule has 0 bridgehead atoms. The molecule has 0 unspecified atom stereocenters. The third kappa shape index (κ3) is 2.88. The fourth-order valence-corrected chi connectivity index (χ4v) is 1.45. The summed E-state index contributed by atoms with van der Waals surface area (Å²) in [4.78, 5) is 18.0. The lowest BCUT2D eigenvalue weighted by Gasteiger charge is -2.36. The first-order chi connectivity index (χ1) is 7.77. The minimum Gasteiger partial charge on any atom is -0.391 e. The van der Waals surface area contributed by atoms with Crippen molar-refractivity contribution in [2.75, 3.05) is 23.0 Å². The van der Waals surface area contributed by atoms with Gasteiger partial charge in [-0.3, -0.25) is 14.8 Å². The van der Waals surface area contributed by atoms with Gasteiger partial charge in [-0.15, -0.1) is 0 Å². The summed E-state index contributed by atoms with van der Waals surface area (Å²) in [5.74, 6) is 0.395. The lowest BCUT2D eigenvalue weighted by Crippen LogP contribution is -2.52. The molecule has 7 nitrogen and oxygen atoms in total. The number of H-pyrrole nitrogens is 1. The normalized spacial score (nSPS) is 11.5. The van der Waals surface area contributed by atoms with E-state index in [0.29, 0.717) is 12.4 Å². The third-order valence-electron chi connectivity index (χ3n) is 2.15. The van der Waals surface area contributed by atoms with Crippen molar-refractivity contribution in [2.24, 2.45) is 0 Å². The van der Waals surface area contributed by atoms with Crippen LogP contribution in [0, 0.1) is 0 Å². The van der Waals surface area contributed by atoms with E-state index in [4.69, 9.17) is 11.5 Å². The van der Waals surface area contributed by atoms with Crippen molar-refractivity contribution in [3.05, 3.63) is 10.4 Å². The summed E-state index contributed by atoms with van der Waals surface area (Å²) in [6, 6.07) is 0.